The summed E-state index contributed by atoms with van der Waals surface area (Å²) in [4.78, 5) is 11.8. The standard InChI is InChI=1S/C19H33F2NO4/c1-2-3-6-9-16(23)12-11-15-14-19(20,21)18(26)22(15)13-8-5-4-7-10-17(24)25/h11-12,15-16,18,23,26H,2-10,13-14H2,1H3,(H,24,25)/b12-11+/t15-,16+,18?/m0/s1. The molecule has 1 fully saturated rings. The van der Waals surface area contributed by atoms with Gasteiger partial charge >= 0.3 is 5.97 Å². The molecule has 0 aromatic carbocycles. The fourth-order valence-corrected chi connectivity index (χ4v) is 3.27. The average molecular weight is 377 g/mol. The number of aliphatic hydroxyl groups is 2. The summed E-state index contributed by atoms with van der Waals surface area (Å²) in [5.74, 6) is -3.99. The summed E-state index contributed by atoms with van der Waals surface area (Å²) in [5, 5.41) is 28.4. The Morgan fingerprint density at radius 2 is 1.92 bits per heavy atom. The van der Waals surface area contributed by atoms with Crippen LogP contribution in [-0.4, -0.2) is 57.0 Å². The summed E-state index contributed by atoms with van der Waals surface area (Å²) in [5.41, 5.74) is 0. The molecule has 0 aromatic heterocycles. The molecule has 3 N–H and O–H groups in total. The molecule has 5 nitrogen and oxygen atoms in total. The van der Waals surface area contributed by atoms with Crippen molar-refractivity contribution in [3.05, 3.63) is 12.2 Å². The molecular formula is C19H33F2NO4. The van der Waals surface area contributed by atoms with Gasteiger partial charge in [0, 0.05) is 25.4 Å². The number of rotatable bonds is 13. The second kappa shape index (κ2) is 11.6. The zero-order valence-corrected chi connectivity index (χ0v) is 15.6. The van der Waals surface area contributed by atoms with Crippen LogP contribution >= 0.6 is 0 Å². The van der Waals surface area contributed by atoms with E-state index in [1.54, 1.807) is 12.2 Å². The number of likely N-dealkylation sites (tertiary alicyclic amines) is 1. The molecule has 0 radical (unpaired) electrons. The van der Waals surface area contributed by atoms with E-state index in [2.05, 4.69) is 6.92 Å². The van der Waals surface area contributed by atoms with Gasteiger partial charge in [0.2, 0.25) is 0 Å². The number of carboxylic acids is 1. The van der Waals surface area contributed by atoms with E-state index in [-0.39, 0.29) is 6.42 Å². The quantitative estimate of drug-likeness (QED) is 0.338. The molecule has 1 rings (SSSR count). The Morgan fingerprint density at radius 3 is 2.58 bits per heavy atom. The van der Waals surface area contributed by atoms with Gasteiger partial charge in [-0.3, -0.25) is 9.69 Å². The summed E-state index contributed by atoms with van der Waals surface area (Å²) in [6, 6.07) is -0.597. The lowest BCUT2D eigenvalue weighted by atomic mass is 10.1. The number of aliphatic hydroxyl groups excluding tert-OH is 2. The van der Waals surface area contributed by atoms with Crippen LogP contribution < -0.4 is 0 Å². The van der Waals surface area contributed by atoms with Gasteiger partial charge in [0.25, 0.3) is 5.92 Å². The van der Waals surface area contributed by atoms with Crippen LogP contribution in [0.15, 0.2) is 12.2 Å². The Labute approximate surface area is 154 Å². The fraction of sp³-hybridized carbons (Fsp3) is 0.842. The molecule has 152 valence electrons. The Morgan fingerprint density at radius 1 is 1.23 bits per heavy atom. The van der Waals surface area contributed by atoms with Crippen molar-refractivity contribution in [1.29, 1.82) is 0 Å². The predicted molar refractivity (Wildman–Crippen MR) is 96.1 cm³/mol. The van der Waals surface area contributed by atoms with Crippen LogP contribution in [0.5, 0.6) is 0 Å². The van der Waals surface area contributed by atoms with Crippen molar-refractivity contribution in [3.8, 4) is 0 Å². The topological polar surface area (TPSA) is 81.0 Å². The van der Waals surface area contributed by atoms with Crippen molar-refractivity contribution in [2.45, 2.75) is 95.4 Å². The van der Waals surface area contributed by atoms with Crippen LogP contribution in [0, 0.1) is 0 Å². The second-order valence-corrected chi connectivity index (χ2v) is 7.15. The number of aliphatic carboxylic acids is 1. The monoisotopic (exact) mass is 377 g/mol. The second-order valence-electron chi connectivity index (χ2n) is 7.15. The molecular weight excluding hydrogens is 344 g/mol. The van der Waals surface area contributed by atoms with Gasteiger partial charge in [-0.15, -0.1) is 0 Å². The first kappa shape index (κ1) is 23.0. The van der Waals surface area contributed by atoms with Gasteiger partial charge in [-0.1, -0.05) is 51.2 Å². The first-order chi connectivity index (χ1) is 12.3. The Balaban J connectivity index is 2.47. The van der Waals surface area contributed by atoms with Gasteiger partial charge in [0.05, 0.1) is 6.10 Å². The highest BCUT2D eigenvalue weighted by Crippen LogP contribution is 2.37. The van der Waals surface area contributed by atoms with Gasteiger partial charge in [-0.2, -0.15) is 0 Å². The lowest BCUT2D eigenvalue weighted by Gasteiger charge is -2.25. The van der Waals surface area contributed by atoms with Crippen molar-refractivity contribution in [3.63, 3.8) is 0 Å². The fourth-order valence-electron chi connectivity index (χ4n) is 3.27. The van der Waals surface area contributed by atoms with E-state index < -0.39 is 36.7 Å². The molecule has 0 amide bonds. The number of alkyl halides is 2. The van der Waals surface area contributed by atoms with Crippen LogP contribution in [0.4, 0.5) is 8.78 Å². The molecule has 1 unspecified atom stereocenters. The Hall–Kier alpha value is -1.05. The molecule has 0 bridgehead atoms. The third-order valence-corrected chi connectivity index (χ3v) is 4.81. The van der Waals surface area contributed by atoms with Crippen LogP contribution in [0.3, 0.4) is 0 Å². The lowest BCUT2D eigenvalue weighted by Crippen LogP contribution is -2.41. The normalized spacial score (nSPS) is 24.3. The number of hydrogen-bond acceptors (Lipinski definition) is 4. The highest BCUT2D eigenvalue weighted by molar-refractivity contribution is 5.66. The molecule has 0 aliphatic carbocycles. The SMILES string of the molecule is CCCCC[C@@H](O)/C=C/[C@H]1CC(F)(F)C(O)N1CCCCCCC(=O)O. The number of hydrogen-bond donors (Lipinski definition) is 3. The summed E-state index contributed by atoms with van der Waals surface area (Å²) in [6.45, 7) is 2.40. The number of carboxylic acid groups (broad SMARTS) is 1. The maximum absolute atomic E-state index is 13.9. The lowest BCUT2D eigenvalue weighted by molar-refractivity contribution is -0.137. The van der Waals surface area contributed by atoms with E-state index in [1.165, 1.54) is 4.90 Å². The summed E-state index contributed by atoms with van der Waals surface area (Å²) in [7, 11) is 0. The highest BCUT2D eigenvalue weighted by Gasteiger charge is 2.52. The molecule has 1 aliphatic heterocycles. The Bertz CT molecular complexity index is 445. The van der Waals surface area contributed by atoms with Crippen LogP contribution in [0.1, 0.15) is 71.1 Å². The van der Waals surface area contributed by atoms with Gasteiger partial charge in [0.15, 0.2) is 6.23 Å². The molecule has 0 saturated carbocycles. The predicted octanol–water partition coefficient (Wildman–Crippen LogP) is 3.55. The number of nitrogens with zero attached hydrogens (tertiary/aromatic N) is 1. The van der Waals surface area contributed by atoms with Crippen molar-refractivity contribution in [2.24, 2.45) is 0 Å². The van der Waals surface area contributed by atoms with E-state index >= 15 is 0 Å². The van der Waals surface area contributed by atoms with E-state index in [9.17, 15) is 23.8 Å². The van der Waals surface area contributed by atoms with Crippen molar-refractivity contribution in [2.75, 3.05) is 6.54 Å². The van der Waals surface area contributed by atoms with Crippen LogP contribution in [0.25, 0.3) is 0 Å². The van der Waals surface area contributed by atoms with Crippen LogP contribution in [0.2, 0.25) is 0 Å². The van der Waals surface area contributed by atoms with Gasteiger partial charge in [0.1, 0.15) is 0 Å². The Kier molecular flexibility index (Phi) is 10.3. The zero-order valence-electron chi connectivity index (χ0n) is 15.6. The maximum Gasteiger partial charge on any atom is 0.303 e. The zero-order chi connectivity index (χ0) is 19.6. The van der Waals surface area contributed by atoms with Gasteiger partial charge in [-0.25, -0.2) is 8.78 Å². The number of halogens is 2. The maximum atomic E-state index is 13.9. The first-order valence-corrected chi connectivity index (χ1v) is 9.67. The smallest absolute Gasteiger partial charge is 0.303 e. The van der Waals surface area contributed by atoms with Gasteiger partial charge < -0.3 is 15.3 Å². The van der Waals surface area contributed by atoms with Crippen LogP contribution in [-0.2, 0) is 4.79 Å². The molecule has 0 aromatic rings. The minimum Gasteiger partial charge on any atom is -0.481 e. The molecule has 7 heteroatoms. The van der Waals surface area contributed by atoms with Crippen molar-refractivity contribution < 1.29 is 28.9 Å². The first-order valence-electron chi connectivity index (χ1n) is 9.67. The number of carbonyl (C=O) groups is 1. The summed E-state index contributed by atoms with van der Waals surface area (Å²) >= 11 is 0. The molecule has 0 spiro atoms. The van der Waals surface area contributed by atoms with E-state index in [0.717, 1.165) is 32.1 Å². The van der Waals surface area contributed by atoms with E-state index in [1.807, 2.05) is 0 Å². The van der Waals surface area contributed by atoms with Crippen molar-refractivity contribution in [1.82, 2.24) is 4.90 Å². The number of unbranched alkanes of at least 4 members (excludes halogenated alkanes) is 5. The molecule has 1 aliphatic rings. The largest absolute Gasteiger partial charge is 0.481 e. The molecule has 3 atom stereocenters. The van der Waals surface area contributed by atoms with Crippen molar-refractivity contribution >= 4 is 5.97 Å². The third kappa shape index (κ3) is 8.10. The molecule has 1 saturated heterocycles. The average Bonchev–Trinajstić information content (AvgIpc) is 2.78. The summed E-state index contributed by atoms with van der Waals surface area (Å²) < 4.78 is 27.8. The molecule has 1 heterocycles. The van der Waals surface area contributed by atoms with E-state index in [0.29, 0.717) is 25.8 Å². The minimum absolute atomic E-state index is 0.117. The minimum atomic E-state index is -3.16. The van der Waals surface area contributed by atoms with E-state index in [4.69, 9.17) is 5.11 Å². The third-order valence-electron chi connectivity index (χ3n) is 4.81. The van der Waals surface area contributed by atoms with Gasteiger partial charge in [-0.05, 0) is 19.3 Å². The highest BCUT2D eigenvalue weighted by atomic mass is 19.3. The summed E-state index contributed by atoms with van der Waals surface area (Å²) in [6.07, 6.45) is 6.59. The molecule has 26 heavy (non-hydrogen) atoms.